The fraction of sp³-hybridized carbons (Fsp3) is 0.293. The van der Waals surface area contributed by atoms with Gasteiger partial charge in [0.25, 0.3) is 14.2 Å². The van der Waals surface area contributed by atoms with Crippen molar-refractivity contribution in [3.63, 3.8) is 0 Å². The van der Waals surface area contributed by atoms with Gasteiger partial charge in [0.15, 0.2) is 0 Å². The predicted molar refractivity (Wildman–Crippen MR) is 202 cm³/mol. The Morgan fingerprint density at radius 2 is 1.28 bits per heavy atom. The third-order valence-corrected chi connectivity index (χ3v) is 14.1. The molecule has 0 spiro atoms. The smallest absolute Gasteiger partial charge is 0.295 e. The number of nitrogens with one attached hydrogen (secondary N) is 2. The van der Waals surface area contributed by atoms with Crippen molar-refractivity contribution in [2.24, 2.45) is 5.41 Å². The van der Waals surface area contributed by atoms with Gasteiger partial charge in [-0.2, -0.15) is 0 Å². The van der Waals surface area contributed by atoms with Crippen molar-refractivity contribution >= 4 is 30.5 Å². The Bertz CT molecular complexity index is 1810. The minimum Gasteiger partial charge on any atom is -0.394 e. The number of benzene rings is 3. The molecular formula is C41H48N4O4Si. The van der Waals surface area contributed by atoms with E-state index in [9.17, 15) is 14.7 Å². The minimum absolute atomic E-state index is 0.155. The summed E-state index contributed by atoms with van der Waals surface area (Å²) in [7, 11) is -3.12. The van der Waals surface area contributed by atoms with Gasteiger partial charge in [-0.05, 0) is 61.3 Å². The van der Waals surface area contributed by atoms with Crippen LogP contribution >= 0.6 is 0 Å². The van der Waals surface area contributed by atoms with Crippen LogP contribution in [0.1, 0.15) is 54.0 Å². The maximum Gasteiger partial charge on any atom is 0.295 e. The van der Waals surface area contributed by atoms with E-state index in [1.807, 2.05) is 99.9 Å². The van der Waals surface area contributed by atoms with Gasteiger partial charge in [-0.1, -0.05) is 126 Å². The molecule has 8 nitrogen and oxygen atoms in total. The Hall–Kier alpha value is -4.83. The summed E-state index contributed by atoms with van der Waals surface area (Å²) < 4.78 is 8.53. The van der Waals surface area contributed by atoms with Crippen molar-refractivity contribution in [2.75, 3.05) is 6.61 Å². The van der Waals surface area contributed by atoms with Gasteiger partial charge in [0, 0.05) is 24.8 Å². The highest BCUT2D eigenvalue weighted by Gasteiger charge is 2.52. The lowest BCUT2D eigenvalue weighted by Crippen LogP contribution is -2.68. The third-order valence-electron chi connectivity index (χ3n) is 9.27. The Kier molecular flexibility index (Phi) is 11.2. The molecule has 2 heterocycles. The van der Waals surface area contributed by atoms with E-state index in [1.54, 1.807) is 17.0 Å². The van der Waals surface area contributed by atoms with Crippen LogP contribution in [0.15, 0.2) is 128 Å². The van der Waals surface area contributed by atoms with Gasteiger partial charge in [-0.3, -0.25) is 14.6 Å². The van der Waals surface area contributed by atoms with Crippen molar-refractivity contribution in [1.29, 1.82) is 0 Å². The first-order valence-electron chi connectivity index (χ1n) is 17.0. The Balaban J connectivity index is 1.47. The molecule has 2 amide bonds. The summed E-state index contributed by atoms with van der Waals surface area (Å²) in [6, 6.07) is 32.8. The highest BCUT2D eigenvalue weighted by atomic mass is 28.4. The molecule has 50 heavy (non-hydrogen) atoms. The number of hydrogen-bond donors (Lipinski definition) is 3. The summed E-state index contributed by atoms with van der Waals surface area (Å²) in [5, 5.41) is 14.7. The lowest BCUT2D eigenvalue weighted by Gasteiger charge is -2.42. The fourth-order valence-corrected chi connectivity index (χ4v) is 10.5. The summed E-state index contributed by atoms with van der Waals surface area (Å²) in [6.07, 6.45) is 7.09. The van der Waals surface area contributed by atoms with Crippen LogP contribution < -0.4 is 21.2 Å². The first-order valence-corrected chi connectivity index (χ1v) is 18.9. The van der Waals surface area contributed by atoms with Crippen LogP contribution in [-0.4, -0.2) is 47.4 Å². The largest absolute Gasteiger partial charge is 0.394 e. The number of hydroxylamine groups is 1. The molecule has 260 valence electrons. The molecule has 9 heteroatoms. The van der Waals surface area contributed by atoms with E-state index in [2.05, 4.69) is 73.0 Å². The van der Waals surface area contributed by atoms with Crippen LogP contribution in [0.4, 0.5) is 0 Å². The van der Waals surface area contributed by atoms with Gasteiger partial charge < -0.3 is 19.5 Å². The summed E-state index contributed by atoms with van der Waals surface area (Å²) in [5.41, 5.74) is 6.52. The van der Waals surface area contributed by atoms with Crippen molar-refractivity contribution in [3.05, 3.63) is 128 Å². The van der Waals surface area contributed by atoms with Crippen molar-refractivity contribution in [2.45, 2.75) is 65.1 Å². The maximum absolute atomic E-state index is 14.3. The molecule has 2 atom stereocenters. The molecule has 2 aromatic heterocycles. The van der Waals surface area contributed by atoms with E-state index in [0.29, 0.717) is 0 Å². The van der Waals surface area contributed by atoms with Crippen LogP contribution in [0.3, 0.4) is 0 Å². The first kappa shape index (κ1) is 36.4. The number of pyridine rings is 1. The molecule has 3 aromatic carbocycles. The molecular weight excluding hydrogens is 641 g/mol. The average Bonchev–Trinajstić information content (AvgIpc) is 3.60. The van der Waals surface area contributed by atoms with Gasteiger partial charge in [0.05, 0.1) is 19.1 Å². The number of carbonyl (C=O) groups is 2. The van der Waals surface area contributed by atoms with Crippen LogP contribution in [0.25, 0.3) is 22.3 Å². The number of nitrogens with zero attached hydrogens (tertiary/aromatic N) is 2. The molecule has 0 aliphatic rings. The Morgan fingerprint density at radius 3 is 1.78 bits per heavy atom. The molecule has 5 aromatic rings. The molecule has 0 saturated carbocycles. The molecule has 0 aliphatic carbocycles. The highest BCUT2D eigenvalue weighted by Crippen LogP contribution is 2.36. The summed E-state index contributed by atoms with van der Waals surface area (Å²) in [4.78, 5) is 32.0. The van der Waals surface area contributed by atoms with Gasteiger partial charge in [-0.25, -0.2) is 5.48 Å². The van der Waals surface area contributed by atoms with E-state index in [-0.39, 0.29) is 29.4 Å². The molecule has 0 radical (unpaired) electrons. The molecule has 0 aliphatic heterocycles. The lowest BCUT2D eigenvalue weighted by molar-refractivity contribution is -0.135. The predicted octanol–water partition coefficient (Wildman–Crippen LogP) is 6.28. The molecule has 5 rings (SSSR count). The molecule has 3 N–H and O–H groups in total. The number of amides is 2. The quantitative estimate of drug-likeness (QED) is 0.106. The van der Waals surface area contributed by atoms with Crippen molar-refractivity contribution < 1.29 is 19.2 Å². The van der Waals surface area contributed by atoms with Crippen LogP contribution in [-0.2, 0) is 14.1 Å². The summed E-state index contributed by atoms with van der Waals surface area (Å²) in [6.45, 7) is 12.0. The zero-order valence-electron chi connectivity index (χ0n) is 29.8. The van der Waals surface area contributed by atoms with E-state index in [1.165, 1.54) is 0 Å². The maximum atomic E-state index is 14.3. The SMILES string of the molecule is CC(C)(C)[C@@H](CO)NC(=O)C[C@H](C(=O)NO[Si](c1ccccc1)(c1ccccc1)C(C)(C)C)n1ccc(-c2ccc(-c3ccncc3)cc2)c1. The second kappa shape index (κ2) is 15.4. The molecule has 0 saturated heterocycles. The van der Waals surface area contributed by atoms with E-state index < -0.39 is 26.3 Å². The fourth-order valence-electron chi connectivity index (χ4n) is 6.32. The normalized spacial score (nSPS) is 13.3. The minimum atomic E-state index is -3.12. The Labute approximate surface area is 296 Å². The van der Waals surface area contributed by atoms with Crippen LogP contribution in [0.5, 0.6) is 0 Å². The average molecular weight is 689 g/mol. The van der Waals surface area contributed by atoms with E-state index in [4.69, 9.17) is 4.53 Å². The number of carbonyl (C=O) groups excluding carboxylic acids is 2. The third kappa shape index (κ3) is 8.13. The second-order valence-corrected chi connectivity index (χ2v) is 19.0. The topological polar surface area (TPSA) is 105 Å². The van der Waals surface area contributed by atoms with Crippen LogP contribution in [0.2, 0.25) is 5.04 Å². The lowest BCUT2D eigenvalue weighted by atomic mass is 9.87. The van der Waals surface area contributed by atoms with Gasteiger partial charge in [0.2, 0.25) is 5.91 Å². The second-order valence-electron chi connectivity index (χ2n) is 14.8. The number of aliphatic hydroxyl groups excluding tert-OH is 1. The van der Waals surface area contributed by atoms with Gasteiger partial charge in [-0.15, -0.1) is 0 Å². The molecule has 0 bridgehead atoms. The zero-order valence-corrected chi connectivity index (χ0v) is 30.8. The van der Waals surface area contributed by atoms with Crippen molar-refractivity contribution in [3.8, 4) is 22.3 Å². The molecule has 0 unspecified atom stereocenters. The zero-order chi connectivity index (χ0) is 35.9. The highest BCUT2D eigenvalue weighted by molar-refractivity contribution is 6.99. The summed E-state index contributed by atoms with van der Waals surface area (Å²) in [5.74, 6) is -0.791. The van der Waals surface area contributed by atoms with Crippen LogP contribution in [0, 0.1) is 5.41 Å². The first-order chi connectivity index (χ1) is 23.8. The van der Waals surface area contributed by atoms with E-state index in [0.717, 1.165) is 32.6 Å². The number of rotatable bonds is 12. The number of aromatic nitrogens is 2. The van der Waals surface area contributed by atoms with Gasteiger partial charge >= 0.3 is 0 Å². The van der Waals surface area contributed by atoms with Crippen molar-refractivity contribution in [1.82, 2.24) is 20.3 Å². The Morgan fingerprint density at radius 1 is 0.760 bits per heavy atom. The monoisotopic (exact) mass is 688 g/mol. The number of hydrogen-bond acceptors (Lipinski definition) is 5. The standard InChI is InChI=1S/C41H48N4O4Si/c1-40(2,3)37(29-46)43-38(47)27-36(45-26-23-33(28-45)31-19-17-30(18-20-31)32-21-24-42-25-22-32)39(48)44-49-50(41(4,5)6,34-13-9-7-10-14-34)35-15-11-8-12-16-35/h7-26,28,36-37,46H,27,29H2,1-6H3,(H,43,47)(H,44,48)/t36-,37-/m1/s1. The number of aliphatic hydroxyl groups is 1. The molecule has 0 fully saturated rings. The van der Waals surface area contributed by atoms with E-state index >= 15 is 0 Å². The van der Waals surface area contributed by atoms with Gasteiger partial charge in [0.1, 0.15) is 6.04 Å². The summed E-state index contributed by atoms with van der Waals surface area (Å²) >= 11 is 0.